The van der Waals surface area contributed by atoms with E-state index < -0.39 is 4.92 Å². The first-order valence-electron chi connectivity index (χ1n) is 2.98. The van der Waals surface area contributed by atoms with E-state index in [4.69, 9.17) is 5.73 Å². The minimum atomic E-state index is -0.597. The van der Waals surface area contributed by atoms with Crippen molar-refractivity contribution in [2.75, 3.05) is 6.54 Å². The van der Waals surface area contributed by atoms with E-state index in [1.54, 1.807) is 0 Å². The molecule has 0 amide bonds. The van der Waals surface area contributed by atoms with Gasteiger partial charge in [0.1, 0.15) is 11.3 Å². The Kier molecular flexibility index (Phi) is 2.12. The molecule has 0 aromatic carbocycles. The van der Waals surface area contributed by atoms with E-state index in [-0.39, 0.29) is 5.82 Å². The molecular formula is C4H7N5O2. The Morgan fingerprint density at radius 1 is 1.82 bits per heavy atom. The van der Waals surface area contributed by atoms with Crippen LogP contribution in [0, 0.1) is 10.1 Å². The summed E-state index contributed by atoms with van der Waals surface area (Å²) in [4.78, 5) is 9.48. The standard InChI is InChI=1S/C4H7N5O2/c5-1-2-8-3-4(6-7-8)9(10)11/h3H,1-2,5H2. The zero-order chi connectivity index (χ0) is 8.27. The largest absolute Gasteiger partial charge is 0.410 e. The van der Waals surface area contributed by atoms with Crippen LogP contribution in [0.5, 0.6) is 0 Å². The van der Waals surface area contributed by atoms with Crippen LogP contribution < -0.4 is 5.73 Å². The highest BCUT2D eigenvalue weighted by molar-refractivity contribution is 5.08. The van der Waals surface area contributed by atoms with E-state index in [1.807, 2.05) is 0 Å². The lowest BCUT2D eigenvalue weighted by Gasteiger charge is -1.89. The molecule has 1 aromatic rings. The fraction of sp³-hybridized carbons (Fsp3) is 0.500. The van der Waals surface area contributed by atoms with Crippen LogP contribution in [0.4, 0.5) is 5.82 Å². The molecule has 2 N–H and O–H groups in total. The smallest absolute Gasteiger partial charge is 0.358 e. The fourth-order valence-electron chi connectivity index (χ4n) is 0.613. The molecule has 0 saturated heterocycles. The molecule has 1 rings (SSSR count). The molecule has 7 nitrogen and oxygen atoms in total. The number of nitrogens with two attached hydrogens (primary N) is 1. The van der Waals surface area contributed by atoms with Gasteiger partial charge in [-0.1, -0.05) is 0 Å². The van der Waals surface area contributed by atoms with Crippen molar-refractivity contribution in [3.8, 4) is 0 Å². The number of hydrogen-bond acceptors (Lipinski definition) is 5. The third kappa shape index (κ3) is 1.71. The zero-order valence-electron chi connectivity index (χ0n) is 5.67. The molecule has 11 heavy (non-hydrogen) atoms. The Bertz CT molecular complexity index is 257. The molecule has 0 radical (unpaired) electrons. The van der Waals surface area contributed by atoms with Crippen LogP contribution in [-0.4, -0.2) is 26.5 Å². The molecule has 1 heterocycles. The second kappa shape index (κ2) is 3.06. The molecular weight excluding hydrogens is 150 g/mol. The van der Waals surface area contributed by atoms with Gasteiger partial charge >= 0.3 is 5.82 Å². The first kappa shape index (κ1) is 7.61. The summed E-state index contributed by atoms with van der Waals surface area (Å²) in [6.07, 6.45) is 1.24. The lowest BCUT2D eigenvalue weighted by molar-refractivity contribution is -0.389. The molecule has 60 valence electrons. The summed E-state index contributed by atoms with van der Waals surface area (Å²) < 4.78 is 1.33. The highest BCUT2D eigenvalue weighted by Gasteiger charge is 2.10. The van der Waals surface area contributed by atoms with Crippen LogP contribution in [0.3, 0.4) is 0 Å². The minimum Gasteiger partial charge on any atom is -0.358 e. The highest BCUT2D eigenvalue weighted by Crippen LogP contribution is 2.01. The minimum absolute atomic E-state index is 0.251. The Morgan fingerprint density at radius 2 is 2.55 bits per heavy atom. The highest BCUT2D eigenvalue weighted by atomic mass is 16.6. The maximum Gasteiger partial charge on any atom is 0.410 e. The summed E-state index contributed by atoms with van der Waals surface area (Å²) in [6, 6.07) is 0. The van der Waals surface area contributed by atoms with Crippen LogP contribution in [0.15, 0.2) is 6.20 Å². The van der Waals surface area contributed by atoms with Gasteiger partial charge in [-0.3, -0.25) is 0 Å². The van der Waals surface area contributed by atoms with Gasteiger partial charge in [-0.2, -0.15) is 0 Å². The summed E-state index contributed by atoms with van der Waals surface area (Å²) in [5, 5.41) is 16.8. The molecule has 0 spiro atoms. The summed E-state index contributed by atoms with van der Waals surface area (Å²) >= 11 is 0. The summed E-state index contributed by atoms with van der Waals surface area (Å²) in [7, 11) is 0. The molecule has 0 unspecified atom stereocenters. The second-order valence-electron chi connectivity index (χ2n) is 1.89. The number of hydrogen-bond donors (Lipinski definition) is 1. The molecule has 7 heteroatoms. The Morgan fingerprint density at radius 3 is 3.00 bits per heavy atom. The quantitative estimate of drug-likeness (QED) is 0.454. The third-order valence-electron chi connectivity index (χ3n) is 1.07. The molecule has 0 bridgehead atoms. The van der Waals surface area contributed by atoms with E-state index >= 15 is 0 Å². The van der Waals surface area contributed by atoms with Crippen LogP contribution in [0.1, 0.15) is 0 Å². The van der Waals surface area contributed by atoms with E-state index in [0.717, 1.165) is 0 Å². The first-order chi connectivity index (χ1) is 5.24. The van der Waals surface area contributed by atoms with Crippen molar-refractivity contribution in [2.45, 2.75) is 6.54 Å². The van der Waals surface area contributed by atoms with Crippen molar-refractivity contribution in [1.29, 1.82) is 0 Å². The maximum atomic E-state index is 10.1. The number of nitrogens with zero attached hydrogens (tertiary/aromatic N) is 4. The Balaban J connectivity index is 2.73. The van der Waals surface area contributed by atoms with Gasteiger partial charge in [-0.05, 0) is 4.92 Å². The van der Waals surface area contributed by atoms with E-state index in [9.17, 15) is 10.1 Å². The first-order valence-corrected chi connectivity index (χ1v) is 2.98. The second-order valence-corrected chi connectivity index (χ2v) is 1.89. The Labute approximate surface area is 61.9 Å². The molecule has 0 atom stereocenters. The normalized spacial score (nSPS) is 9.91. The summed E-state index contributed by atoms with van der Waals surface area (Å²) in [5.41, 5.74) is 5.19. The lowest BCUT2D eigenvalue weighted by Crippen LogP contribution is -2.10. The van der Waals surface area contributed by atoms with Crippen LogP contribution in [0.2, 0.25) is 0 Å². The van der Waals surface area contributed by atoms with Crippen LogP contribution >= 0.6 is 0 Å². The predicted molar refractivity (Wildman–Crippen MR) is 35.7 cm³/mol. The molecule has 0 aliphatic carbocycles. The van der Waals surface area contributed by atoms with Gasteiger partial charge in [0.2, 0.25) is 0 Å². The van der Waals surface area contributed by atoms with Crippen molar-refractivity contribution in [2.24, 2.45) is 5.73 Å². The fourth-order valence-corrected chi connectivity index (χ4v) is 0.613. The molecule has 0 fully saturated rings. The van der Waals surface area contributed by atoms with Gasteiger partial charge in [0.25, 0.3) is 0 Å². The summed E-state index contributed by atoms with van der Waals surface area (Å²) in [6.45, 7) is 0.835. The number of nitro groups is 1. The van der Waals surface area contributed by atoms with Gasteiger partial charge in [0, 0.05) is 6.54 Å². The van der Waals surface area contributed by atoms with Crippen molar-refractivity contribution < 1.29 is 4.92 Å². The van der Waals surface area contributed by atoms with E-state index in [1.165, 1.54) is 10.9 Å². The van der Waals surface area contributed by atoms with Crippen molar-refractivity contribution in [3.05, 3.63) is 16.3 Å². The average Bonchev–Trinajstić information content (AvgIpc) is 2.37. The lowest BCUT2D eigenvalue weighted by atomic mass is 10.6. The maximum absolute atomic E-state index is 10.1. The Hall–Kier alpha value is -1.50. The van der Waals surface area contributed by atoms with E-state index in [0.29, 0.717) is 13.1 Å². The molecule has 1 aromatic heterocycles. The van der Waals surface area contributed by atoms with Gasteiger partial charge in [-0.25, -0.2) is 4.68 Å². The average molecular weight is 157 g/mol. The molecule has 0 aliphatic heterocycles. The van der Waals surface area contributed by atoms with Crippen molar-refractivity contribution in [3.63, 3.8) is 0 Å². The molecule has 0 aliphatic rings. The topological polar surface area (TPSA) is 99.9 Å². The molecule has 0 saturated carbocycles. The van der Waals surface area contributed by atoms with Gasteiger partial charge < -0.3 is 15.8 Å². The monoisotopic (exact) mass is 157 g/mol. The predicted octanol–water partition coefficient (Wildman–Crippen LogP) is -0.855. The SMILES string of the molecule is NCCn1cc([N+](=O)[O-])nn1. The van der Waals surface area contributed by atoms with Crippen LogP contribution in [-0.2, 0) is 6.54 Å². The van der Waals surface area contributed by atoms with Gasteiger partial charge in [0.05, 0.1) is 11.8 Å². The van der Waals surface area contributed by atoms with Gasteiger partial charge in [0.15, 0.2) is 0 Å². The number of rotatable bonds is 3. The van der Waals surface area contributed by atoms with Crippen molar-refractivity contribution in [1.82, 2.24) is 15.0 Å². The van der Waals surface area contributed by atoms with Crippen molar-refractivity contribution >= 4 is 5.82 Å². The number of aromatic nitrogens is 3. The third-order valence-corrected chi connectivity index (χ3v) is 1.07. The van der Waals surface area contributed by atoms with Gasteiger partial charge in [-0.15, -0.1) is 0 Å². The van der Waals surface area contributed by atoms with E-state index in [2.05, 4.69) is 10.3 Å². The zero-order valence-corrected chi connectivity index (χ0v) is 5.67. The summed E-state index contributed by atoms with van der Waals surface area (Å²) in [5.74, 6) is -0.251. The van der Waals surface area contributed by atoms with Crippen LogP contribution in [0.25, 0.3) is 0 Å².